The first-order valence-electron chi connectivity index (χ1n) is 13.4. The monoisotopic (exact) mass is 576 g/mol. The molecule has 2 aromatic carbocycles. The van der Waals surface area contributed by atoms with Crippen LogP contribution in [0.2, 0.25) is 0 Å². The molecule has 40 heavy (non-hydrogen) atoms. The maximum absolute atomic E-state index is 12.1. The molecule has 0 saturated carbocycles. The van der Waals surface area contributed by atoms with E-state index in [0.717, 1.165) is 28.7 Å². The molecule has 0 bridgehead atoms. The normalized spacial score (nSPS) is 12.1. The average Bonchev–Trinajstić information content (AvgIpc) is 2.83. The molecule has 1 N–H and O–H groups in total. The van der Waals surface area contributed by atoms with Gasteiger partial charge in [-0.1, -0.05) is 26.0 Å². The van der Waals surface area contributed by atoms with Crippen molar-refractivity contribution in [3.63, 3.8) is 0 Å². The molecule has 0 saturated heterocycles. The number of phenolic OH excluding ortho intramolecular Hbond substituents is 1. The topological polar surface area (TPSA) is 101 Å². The number of carbonyl (C=O) groups excluding carboxylic acids is 2. The molecule has 0 aliphatic carbocycles. The van der Waals surface area contributed by atoms with Crippen LogP contribution in [0.4, 0.5) is 0 Å². The second kappa shape index (κ2) is 14.3. The summed E-state index contributed by atoms with van der Waals surface area (Å²) in [6.45, 7) is 18.1. The third-order valence-corrected chi connectivity index (χ3v) is 7.23. The van der Waals surface area contributed by atoms with E-state index in [4.69, 9.17) is 23.3 Å². The van der Waals surface area contributed by atoms with Crippen LogP contribution in [0.3, 0.4) is 0 Å². The predicted molar refractivity (Wildman–Crippen MR) is 156 cm³/mol. The Kier molecular flexibility index (Phi) is 12.0. The summed E-state index contributed by atoms with van der Waals surface area (Å²) in [6, 6.07) is 9.68. The maximum Gasteiger partial charge on any atom is 0.313 e. The number of aryl methyl sites for hydroxylation is 2. The third-order valence-electron chi connectivity index (χ3n) is 6.10. The highest BCUT2D eigenvalue weighted by Gasteiger charge is 2.25. The first-order chi connectivity index (χ1) is 18.5. The van der Waals surface area contributed by atoms with E-state index in [1.54, 1.807) is 47.6 Å². The Hall–Kier alpha value is -2.67. The maximum atomic E-state index is 12.1. The van der Waals surface area contributed by atoms with Gasteiger partial charge in [0, 0.05) is 0 Å². The lowest BCUT2D eigenvalue weighted by molar-refractivity contribution is -0.161. The number of rotatable bonds is 12. The van der Waals surface area contributed by atoms with Crippen molar-refractivity contribution in [2.24, 2.45) is 10.8 Å². The van der Waals surface area contributed by atoms with Gasteiger partial charge in [-0.05, 0) is 114 Å². The number of hydrogen-bond donors (Lipinski definition) is 1. The summed E-state index contributed by atoms with van der Waals surface area (Å²) in [5, 5.41) is 10.2. The zero-order valence-corrected chi connectivity index (χ0v) is 26.4. The summed E-state index contributed by atoms with van der Waals surface area (Å²) in [7, 11) is -1.70. The Morgan fingerprint density at radius 3 is 1.80 bits per heavy atom. The first-order valence-corrected chi connectivity index (χ1v) is 14.8. The van der Waals surface area contributed by atoms with Crippen molar-refractivity contribution in [2.75, 3.05) is 19.9 Å². The fourth-order valence-electron chi connectivity index (χ4n) is 3.65. The molecule has 0 aliphatic heterocycles. The second-order valence-corrected chi connectivity index (χ2v) is 13.7. The fourth-order valence-corrected chi connectivity index (χ4v) is 4.46. The van der Waals surface area contributed by atoms with E-state index in [0.29, 0.717) is 11.5 Å². The van der Waals surface area contributed by atoms with Crippen LogP contribution in [-0.2, 0) is 34.5 Å². The lowest BCUT2D eigenvalue weighted by atomic mass is 9.93. The van der Waals surface area contributed by atoms with E-state index in [2.05, 4.69) is 19.9 Å². The van der Waals surface area contributed by atoms with E-state index >= 15 is 0 Å². The number of hydrogen-bond acceptors (Lipinski definition) is 8. The molecular formula is C31H45O8P. The van der Waals surface area contributed by atoms with Crippen molar-refractivity contribution in [1.82, 2.24) is 0 Å². The number of esters is 2. The molecule has 0 atom stereocenters. The van der Waals surface area contributed by atoms with Crippen LogP contribution < -0.4 is 4.74 Å². The summed E-state index contributed by atoms with van der Waals surface area (Å²) in [4.78, 5) is 24.2. The summed E-state index contributed by atoms with van der Waals surface area (Å²) >= 11 is 0. The largest absolute Gasteiger partial charge is 0.508 e. The second-order valence-electron chi connectivity index (χ2n) is 12.2. The van der Waals surface area contributed by atoms with Gasteiger partial charge in [-0.3, -0.25) is 18.6 Å². The van der Waals surface area contributed by atoms with Gasteiger partial charge in [0.25, 0.3) is 0 Å². The van der Waals surface area contributed by atoms with Crippen LogP contribution in [0, 0.1) is 24.7 Å². The Morgan fingerprint density at radius 2 is 1.35 bits per heavy atom. The van der Waals surface area contributed by atoms with Gasteiger partial charge < -0.3 is 19.3 Å². The van der Waals surface area contributed by atoms with Crippen LogP contribution in [0.1, 0.15) is 89.1 Å². The van der Waals surface area contributed by atoms with Gasteiger partial charge in [-0.2, -0.15) is 0 Å². The predicted octanol–water partition coefficient (Wildman–Crippen LogP) is 7.50. The lowest BCUT2D eigenvalue weighted by Gasteiger charge is -2.22. The lowest BCUT2D eigenvalue weighted by Crippen LogP contribution is -2.24. The van der Waals surface area contributed by atoms with Gasteiger partial charge in [0.1, 0.15) is 11.5 Å². The molecule has 2 rings (SSSR count). The van der Waals surface area contributed by atoms with Crippen LogP contribution >= 0.6 is 8.38 Å². The minimum atomic E-state index is -1.70. The molecule has 0 radical (unpaired) electrons. The van der Waals surface area contributed by atoms with E-state index in [1.165, 1.54) is 5.56 Å². The average molecular weight is 577 g/mol. The Bertz CT molecular complexity index is 1110. The van der Waals surface area contributed by atoms with Gasteiger partial charge in [0.15, 0.2) is 19.9 Å². The molecule has 0 aromatic heterocycles. The molecule has 9 heteroatoms. The van der Waals surface area contributed by atoms with Crippen LogP contribution in [-0.4, -0.2) is 37.0 Å². The first kappa shape index (κ1) is 33.5. The van der Waals surface area contributed by atoms with Crippen molar-refractivity contribution < 1.29 is 38.0 Å². The van der Waals surface area contributed by atoms with Crippen molar-refractivity contribution in [1.29, 1.82) is 0 Å². The molecule has 0 heterocycles. The molecule has 0 fully saturated rings. The van der Waals surface area contributed by atoms with E-state index in [1.807, 2.05) is 32.0 Å². The van der Waals surface area contributed by atoms with Crippen LogP contribution in [0.15, 0.2) is 30.3 Å². The standard InChI is InChI=1S/C31H45O8P/c1-20(2)25-15-23(11-12-27(25)32)16-26-21(3)13-24(14-22(26)4)37-19-40(38-17-35-28(33)30(5,6)7)39-18-36-29(34)31(8,9)10/h11-15,20,32H,16-19H2,1-10H3. The minimum Gasteiger partial charge on any atom is -0.508 e. The molecule has 222 valence electrons. The highest BCUT2D eigenvalue weighted by Crippen LogP contribution is 2.39. The quantitative estimate of drug-likeness (QED) is 0.158. The van der Waals surface area contributed by atoms with Crippen molar-refractivity contribution in [2.45, 2.75) is 81.6 Å². The Labute approximate surface area is 240 Å². The van der Waals surface area contributed by atoms with Gasteiger partial charge in [-0.15, -0.1) is 0 Å². The van der Waals surface area contributed by atoms with E-state index in [-0.39, 0.29) is 25.9 Å². The van der Waals surface area contributed by atoms with E-state index < -0.39 is 31.1 Å². The fraction of sp³-hybridized carbons (Fsp3) is 0.548. The highest BCUT2D eigenvalue weighted by atomic mass is 31.2. The van der Waals surface area contributed by atoms with Crippen LogP contribution in [0.5, 0.6) is 11.5 Å². The number of carbonyl (C=O) groups is 2. The van der Waals surface area contributed by atoms with Crippen LogP contribution in [0.25, 0.3) is 0 Å². The van der Waals surface area contributed by atoms with Crippen molar-refractivity contribution in [3.05, 3.63) is 58.1 Å². The van der Waals surface area contributed by atoms with Gasteiger partial charge in [0.2, 0.25) is 8.38 Å². The zero-order chi connectivity index (χ0) is 30.3. The van der Waals surface area contributed by atoms with Gasteiger partial charge in [-0.25, -0.2) is 0 Å². The molecule has 0 spiro atoms. The zero-order valence-electron chi connectivity index (χ0n) is 25.5. The van der Waals surface area contributed by atoms with Crippen molar-refractivity contribution in [3.8, 4) is 11.5 Å². The van der Waals surface area contributed by atoms with Gasteiger partial charge in [0.05, 0.1) is 10.8 Å². The number of phenols is 1. The Balaban J connectivity index is 2.09. The number of ether oxygens (including phenoxy) is 3. The minimum absolute atomic E-state index is 0.0450. The number of benzene rings is 2. The van der Waals surface area contributed by atoms with E-state index in [9.17, 15) is 14.7 Å². The number of aromatic hydroxyl groups is 1. The summed E-state index contributed by atoms with van der Waals surface area (Å²) in [5.74, 6) is 0.381. The van der Waals surface area contributed by atoms with Gasteiger partial charge >= 0.3 is 11.9 Å². The SMILES string of the molecule is Cc1cc(OCP(OCOC(=O)C(C)(C)C)OCOC(=O)C(C)(C)C)cc(C)c1Cc1ccc(O)c(C(C)C)c1. The summed E-state index contributed by atoms with van der Waals surface area (Å²) < 4.78 is 27.8. The molecule has 8 nitrogen and oxygen atoms in total. The molecule has 0 aliphatic rings. The summed E-state index contributed by atoms with van der Waals surface area (Å²) in [6.07, 6.45) is 0.776. The van der Waals surface area contributed by atoms with Crippen molar-refractivity contribution >= 4 is 20.3 Å². The molecule has 0 amide bonds. The third kappa shape index (κ3) is 10.4. The molecule has 0 unspecified atom stereocenters. The highest BCUT2D eigenvalue weighted by molar-refractivity contribution is 7.47. The Morgan fingerprint density at radius 1 is 0.850 bits per heavy atom. The molecular weight excluding hydrogens is 531 g/mol. The summed E-state index contributed by atoms with van der Waals surface area (Å²) in [5.41, 5.74) is 4.05. The smallest absolute Gasteiger partial charge is 0.313 e. The molecule has 2 aromatic rings.